The highest BCUT2D eigenvalue weighted by Crippen LogP contribution is 2.50. The zero-order valence-electron chi connectivity index (χ0n) is 16.0. The van der Waals surface area contributed by atoms with Crippen molar-refractivity contribution >= 4 is 22.7 Å². The van der Waals surface area contributed by atoms with Crippen molar-refractivity contribution in [3.8, 4) is 5.75 Å². The maximum atomic E-state index is 12.0. The van der Waals surface area contributed by atoms with Gasteiger partial charge in [-0.3, -0.25) is 4.79 Å². The number of anilines is 1. The molecule has 6 heteroatoms. The van der Waals surface area contributed by atoms with E-state index in [4.69, 9.17) is 9.47 Å². The maximum Gasteiger partial charge on any atom is 0.309 e. The number of pyridine rings is 1. The summed E-state index contributed by atoms with van der Waals surface area (Å²) < 4.78 is 11.1. The minimum absolute atomic E-state index is 0.0128. The standard InChI is InChI=1S/C22H25N3O3/c1-2-27-22(26)18-13-16(18)19-14-25-20-8-7-15(12-17(19)20)28-11-5-10-24-21-6-3-4-9-23-21/h3-4,6-9,12,14,16,18,25H,2,5,10-11,13H2,1H3,(H,23,24). The normalized spacial score (nSPS) is 18.0. The van der Waals surface area contributed by atoms with Gasteiger partial charge in [-0.25, -0.2) is 4.98 Å². The predicted octanol–water partition coefficient (Wildman–Crippen LogP) is 4.11. The fourth-order valence-electron chi connectivity index (χ4n) is 3.51. The third-order valence-corrected chi connectivity index (χ3v) is 5.03. The van der Waals surface area contributed by atoms with Gasteiger partial charge in [0.05, 0.1) is 19.1 Å². The number of aromatic nitrogens is 2. The number of esters is 1. The van der Waals surface area contributed by atoms with Crippen molar-refractivity contribution in [2.75, 3.05) is 25.1 Å². The molecule has 2 heterocycles. The fourth-order valence-corrected chi connectivity index (χ4v) is 3.51. The van der Waals surface area contributed by atoms with E-state index in [9.17, 15) is 4.79 Å². The molecule has 0 amide bonds. The molecule has 0 aliphatic heterocycles. The van der Waals surface area contributed by atoms with Gasteiger partial charge in [-0.2, -0.15) is 0 Å². The van der Waals surface area contributed by atoms with Crippen LogP contribution < -0.4 is 10.1 Å². The zero-order chi connectivity index (χ0) is 19.3. The number of rotatable bonds is 9. The molecule has 146 valence electrons. The van der Waals surface area contributed by atoms with Gasteiger partial charge in [0.2, 0.25) is 0 Å². The molecule has 1 saturated carbocycles. The molecule has 1 aliphatic carbocycles. The van der Waals surface area contributed by atoms with E-state index < -0.39 is 0 Å². The molecule has 4 rings (SSSR count). The Morgan fingerprint density at radius 1 is 1.32 bits per heavy atom. The van der Waals surface area contributed by atoms with E-state index in [0.717, 1.165) is 41.9 Å². The molecule has 0 spiro atoms. The summed E-state index contributed by atoms with van der Waals surface area (Å²) >= 11 is 0. The molecule has 1 fully saturated rings. The van der Waals surface area contributed by atoms with Gasteiger partial charge in [0, 0.05) is 35.8 Å². The van der Waals surface area contributed by atoms with Gasteiger partial charge in [-0.05, 0) is 55.7 Å². The van der Waals surface area contributed by atoms with E-state index in [1.165, 1.54) is 5.56 Å². The molecule has 2 atom stereocenters. The summed E-state index contributed by atoms with van der Waals surface area (Å²) in [6, 6.07) is 11.9. The van der Waals surface area contributed by atoms with Gasteiger partial charge in [0.1, 0.15) is 11.6 Å². The number of carbonyl (C=O) groups is 1. The van der Waals surface area contributed by atoms with Crippen LogP contribution in [0.1, 0.15) is 31.2 Å². The summed E-state index contributed by atoms with van der Waals surface area (Å²) in [4.78, 5) is 19.5. The number of fused-ring (bicyclic) bond motifs is 1. The smallest absolute Gasteiger partial charge is 0.309 e. The summed E-state index contributed by atoms with van der Waals surface area (Å²) in [6.45, 7) is 3.71. The molecule has 2 N–H and O–H groups in total. The fraction of sp³-hybridized carbons (Fsp3) is 0.364. The third-order valence-electron chi connectivity index (χ3n) is 5.03. The Kier molecular flexibility index (Phi) is 5.46. The van der Waals surface area contributed by atoms with Crippen LogP contribution in [0.25, 0.3) is 10.9 Å². The van der Waals surface area contributed by atoms with E-state index in [2.05, 4.69) is 21.4 Å². The van der Waals surface area contributed by atoms with Crippen molar-refractivity contribution in [2.45, 2.75) is 25.7 Å². The van der Waals surface area contributed by atoms with Gasteiger partial charge < -0.3 is 19.8 Å². The van der Waals surface area contributed by atoms with Crippen molar-refractivity contribution < 1.29 is 14.3 Å². The predicted molar refractivity (Wildman–Crippen MR) is 109 cm³/mol. The maximum absolute atomic E-state index is 12.0. The first-order chi connectivity index (χ1) is 13.8. The van der Waals surface area contributed by atoms with Crippen LogP contribution >= 0.6 is 0 Å². The van der Waals surface area contributed by atoms with Gasteiger partial charge >= 0.3 is 5.97 Å². The molecule has 2 aromatic heterocycles. The molecule has 0 radical (unpaired) electrons. The van der Waals surface area contributed by atoms with Crippen LogP contribution in [0.2, 0.25) is 0 Å². The van der Waals surface area contributed by atoms with Gasteiger partial charge in [0.25, 0.3) is 0 Å². The Balaban J connectivity index is 1.32. The van der Waals surface area contributed by atoms with E-state index in [1.54, 1.807) is 6.20 Å². The Morgan fingerprint density at radius 3 is 3.07 bits per heavy atom. The summed E-state index contributed by atoms with van der Waals surface area (Å²) in [5.41, 5.74) is 2.24. The molecule has 3 aromatic rings. The monoisotopic (exact) mass is 379 g/mol. The van der Waals surface area contributed by atoms with Crippen molar-refractivity contribution in [3.05, 3.63) is 54.4 Å². The highest BCUT2D eigenvalue weighted by molar-refractivity contribution is 5.87. The first-order valence-corrected chi connectivity index (χ1v) is 9.81. The topological polar surface area (TPSA) is 76.2 Å². The Bertz CT molecular complexity index is 939. The molecule has 1 aliphatic rings. The van der Waals surface area contributed by atoms with E-state index in [0.29, 0.717) is 13.2 Å². The second-order valence-corrected chi connectivity index (χ2v) is 7.00. The number of benzene rings is 1. The summed E-state index contributed by atoms with van der Waals surface area (Å²) in [5, 5.41) is 4.40. The van der Waals surface area contributed by atoms with Crippen molar-refractivity contribution in [2.24, 2.45) is 5.92 Å². The molecule has 28 heavy (non-hydrogen) atoms. The lowest BCUT2D eigenvalue weighted by molar-refractivity contribution is -0.144. The number of ether oxygens (including phenoxy) is 2. The zero-order valence-corrected chi connectivity index (χ0v) is 16.0. The first kappa shape index (κ1) is 18.3. The number of hydrogen-bond acceptors (Lipinski definition) is 5. The molecule has 0 bridgehead atoms. The lowest BCUT2D eigenvalue weighted by Gasteiger charge is -2.08. The van der Waals surface area contributed by atoms with Crippen molar-refractivity contribution in [1.82, 2.24) is 9.97 Å². The van der Waals surface area contributed by atoms with E-state index in [1.807, 2.05) is 43.5 Å². The average molecular weight is 379 g/mol. The quantitative estimate of drug-likeness (QED) is 0.432. The SMILES string of the molecule is CCOC(=O)C1CC1c1c[nH]c2ccc(OCCCNc3ccccn3)cc12. The Morgan fingerprint density at radius 2 is 2.25 bits per heavy atom. The second-order valence-electron chi connectivity index (χ2n) is 7.00. The first-order valence-electron chi connectivity index (χ1n) is 9.81. The van der Waals surface area contributed by atoms with Crippen molar-refractivity contribution in [3.63, 3.8) is 0 Å². The summed E-state index contributed by atoms with van der Waals surface area (Å²) in [7, 11) is 0. The highest BCUT2D eigenvalue weighted by atomic mass is 16.5. The number of nitrogens with zero attached hydrogens (tertiary/aromatic N) is 1. The molecule has 2 unspecified atom stereocenters. The largest absolute Gasteiger partial charge is 0.494 e. The van der Waals surface area contributed by atoms with E-state index in [-0.39, 0.29) is 17.8 Å². The lowest BCUT2D eigenvalue weighted by Crippen LogP contribution is -2.08. The van der Waals surface area contributed by atoms with Gasteiger partial charge in [0.15, 0.2) is 0 Å². The van der Waals surface area contributed by atoms with E-state index >= 15 is 0 Å². The molecule has 1 aromatic carbocycles. The minimum atomic E-state index is -0.0883. The molecule has 6 nitrogen and oxygen atoms in total. The van der Waals surface area contributed by atoms with Crippen LogP contribution in [0.5, 0.6) is 5.75 Å². The number of H-pyrrole nitrogens is 1. The molecular formula is C22H25N3O3. The highest BCUT2D eigenvalue weighted by Gasteiger charge is 2.46. The number of nitrogens with one attached hydrogen (secondary N) is 2. The van der Waals surface area contributed by atoms with Crippen molar-refractivity contribution in [1.29, 1.82) is 0 Å². The minimum Gasteiger partial charge on any atom is -0.494 e. The second kappa shape index (κ2) is 8.33. The third kappa shape index (κ3) is 4.11. The molecule has 0 saturated heterocycles. The van der Waals surface area contributed by atoms with Crippen LogP contribution in [0.15, 0.2) is 48.8 Å². The van der Waals surface area contributed by atoms with Gasteiger partial charge in [-0.15, -0.1) is 0 Å². The van der Waals surface area contributed by atoms with Crippen LogP contribution in [0.4, 0.5) is 5.82 Å². The lowest BCUT2D eigenvalue weighted by atomic mass is 10.1. The van der Waals surface area contributed by atoms with Crippen LogP contribution in [-0.4, -0.2) is 35.7 Å². The Hall–Kier alpha value is -3.02. The van der Waals surface area contributed by atoms with Crippen LogP contribution in [0.3, 0.4) is 0 Å². The summed E-state index contributed by atoms with van der Waals surface area (Å²) in [6.07, 6.45) is 5.52. The van der Waals surface area contributed by atoms with Crippen LogP contribution in [0, 0.1) is 5.92 Å². The Labute approximate surface area is 164 Å². The molecular weight excluding hydrogens is 354 g/mol. The average Bonchev–Trinajstić information content (AvgIpc) is 3.41. The number of carbonyl (C=O) groups excluding carboxylic acids is 1. The van der Waals surface area contributed by atoms with Gasteiger partial charge in [-0.1, -0.05) is 6.07 Å². The summed E-state index contributed by atoms with van der Waals surface area (Å²) in [5.74, 6) is 1.86. The number of hydrogen-bond donors (Lipinski definition) is 2. The number of aromatic amines is 1. The van der Waals surface area contributed by atoms with Crippen LogP contribution in [-0.2, 0) is 9.53 Å².